The first-order chi connectivity index (χ1) is 8.15. The Morgan fingerprint density at radius 3 is 2.76 bits per heavy atom. The normalized spacial score (nSPS) is 13.2. The van der Waals surface area contributed by atoms with Gasteiger partial charge in [0.15, 0.2) is 0 Å². The van der Waals surface area contributed by atoms with E-state index in [1.165, 1.54) is 6.33 Å². The van der Waals surface area contributed by atoms with Crippen molar-refractivity contribution >= 4 is 15.9 Å². The van der Waals surface area contributed by atoms with Crippen LogP contribution in [-0.4, -0.2) is 32.0 Å². The van der Waals surface area contributed by atoms with E-state index in [1.54, 1.807) is 6.20 Å². The second kappa shape index (κ2) is 4.97. The van der Waals surface area contributed by atoms with Crippen LogP contribution < -0.4 is 5.32 Å². The molecule has 0 radical (unpaired) electrons. The molecule has 0 fully saturated rings. The minimum atomic E-state index is -0.0585. The van der Waals surface area contributed by atoms with E-state index in [1.807, 2.05) is 11.7 Å². The number of aromatic nitrogens is 5. The Morgan fingerprint density at radius 2 is 2.24 bits per heavy atom. The molecule has 2 aromatic heterocycles. The lowest BCUT2D eigenvalue weighted by Gasteiger charge is -2.18. The molecular formula is C10H15BrN6. The zero-order valence-corrected chi connectivity index (χ0v) is 11.6. The Kier molecular flexibility index (Phi) is 3.58. The Labute approximate surface area is 108 Å². The summed E-state index contributed by atoms with van der Waals surface area (Å²) in [5, 5.41) is 14.3. The van der Waals surface area contributed by atoms with Crippen LogP contribution in [0.5, 0.6) is 0 Å². The molecule has 2 N–H and O–H groups in total. The lowest BCUT2D eigenvalue weighted by atomic mass is 10.2. The maximum Gasteiger partial charge on any atom is 0.147 e. The number of nitrogens with one attached hydrogen (secondary N) is 2. The third-order valence-corrected chi connectivity index (χ3v) is 3.16. The molecule has 17 heavy (non-hydrogen) atoms. The van der Waals surface area contributed by atoms with Gasteiger partial charge in [0.05, 0.1) is 16.4 Å². The van der Waals surface area contributed by atoms with Gasteiger partial charge in [0, 0.05) is 6.04 Å². The molecular weight excluding hydrogens is 284 g/mol. The molecule has 0 amide bonds. The molecule has 0 saturated heterocycles. The van der Waals surface area contributed by atoms with Crippen molar-refractivity contribution in [2.45, 2.75) is 25.9 Å². The van der Waals surface area contributed by atoms with Gasteiger partial charge < -0.3 is 5.32 Å². The molecule has 1 unspecified atom stereocenters. The number of hydrogen-bond acceptors (Lipinski definition) is 4. The molecule has 7 heteroatoms. The second-order valence-electron chi connectivity index (χ2n) is 4.01. The van der Waals surface area contributed by atoms with Crippen molar-refractivity contribution in [3.05, 3.63) is 28.5 Å². The van der Waals surface area contributed by atoms with Gasteiger partial charge >= 0.3 is 0 Å². The lowest BCUT2D eigenvalue weighted by Crippen LogP contribution is -2.24. The Balaban J connectivity index is 2.47. The van der Waals surface area contributed by atoms with E-state index in [0.717, 1.165) is 16.0 Å². The molecule has 0 aliphatic carbocycles. The highest BCUT2D eigenvalue weighted by Gasteiger charge is 2.23. The van der Waals surface area contributed by atoms with Crippen LogP contribution in [0.15, 0.2) is 17.0 Å². The average Bonchev–Trinajstić information content (AvgIpc) is 2.91. The standard InChI is InChI=1S/C10H15BrN6/c1-6(2)17-9(7(11)4-15-17)8(12-3)10-13-5-14-16-10/h4-6,8,12H,1-3H3,(H,13,14,16). The zero-order chi connectivity index (χ0) is 12.4. The van der Waals surface area contributed by atoms with Crippen LogP contribution in [0.1, 0.15) is 37.4 Å². The van der Waals surface area contributed by atoms with Gasteiger partial charge in [-0.3, -0.25) is 9.78 Å². The van der Waals surface area contributed by atoms with Crippen LogP contribution in [0, 0.1) is 0 Å². The third-order valence-electron chi connectivity index (χ3n) is 2.55. The molecule has 0 aromatic carbocycles. The zero-order valence-electron chi connectivity index (χ0n) is 9.98. The first-order valence-corrected chi connectivity index (χ1v) is 6.19. The van der Waals surface area contributed by atoms with E-state index in [0.29, 0.717) is 0 Å². The van der Waals surface area contributed by atoms with Crippen LogP contribution in [-0.2, 0) is 0 Å². The van der Waals surface area contributed by atoms with Crippen LogP contribution in [0.2, 0.25) is 0 Å². The monoisotopic (exact) mass is 298 g/mol. The highest BCUT2D eigenvalue weighted by atomic mass is 79.9. The maximum atomic E-state index is 4.36. The van der Waals surface area contributed by atoms with Crippen molar-refractivity contribution in [2.75, 3.05) is 7.05 Å². The van der Waals surface area contributed by atoms with Gasteiger partial charge in [0.2, 0.25) is 0 Å². The second-order valence-corrected chi connectivity index (χ2v) is 4.86. The van der Waals surface area contributed by atoms with E-state index >= 15 is 0 Å². The molecule has 0 aliphatic heterocycles. The fraction of sp³-hybridized carbons (Fsp3) is 0.500. The molecule has 92 valence electrons. The largest absolute Gasteiger partial charge is 0.305 e. The van der Waals surface area contributed by atoms with Crippen LogP contribution in [0.3, 0.4) is 0 Å². The fourth-order valence-electron chi connectivity index (χ4n) is 1.79. The first-order valence-electron chi connectivity index (χ1n) is 5.40. The SMILES string of the molecule is CNC(c1ncn[nH]1)c1c(Br)cnn1C(C)C. The number of hydrogen-bond donors (Lipinski definition) is 2. The molecule has 0 bridgehead atoms. The minimum Gasteiger partial charge on any atom is -0.305 e. The summed E-state index contributed by atoms with van der Waals surface area (Å²) in [5.41, 5.74) is 1.04. The van der Waals surface area contributed by atoms with E-state index in [9.17, 15) is 0 Å². The van der Waals surface area contributed by atoms with Crippen molar-refractivity contribution in [1.82, 2.24) is 30.3 Å². The van der Waals surface area contributed by atoms with Gasteiger partial charge in [-0.25, -0.2) is 4.98 Å². The molecule has 0 spiro atoms. The number of rotatable bonds is 4. The van der Waals surface area contributed by atoms with E-state index < -0.39 is 0 Å². The van der Waals surface area contributed by atoms with Crippen LogP contribution >= 0.6 is 15.9 Å². The van der Waals surface area contributed by atoms with Gasteiger partial charge in [-0.05, 0) is 36.8 Å². The van der Waals surface area contributed by atoms with E-state index in [4.69, 9.17) is 0 Å². The number of aromatic amines is 1. The highest BCUT2D eigenvalue weighted by molar-refractivity contribution is 9.10. The summed E-state index contributed by atoms with van der Waals surface area (Å²) in [5.74, 6) is 0.774. The van der Waals surface area contributed by atoms with Gasteiger partial charge in [-0.1, -0.05) is 0 Å². The number of nitrogens with zero attached hydrogens (tertiary/aromatic N) is 4. The van der Waals surface area contributed by atoms with E-state index in [-0.39, 0.29) is 12.1 Å². The van der Waals surface area contributed by atoms with Gasteiger partial charge in [0.25, 0.3) is 0 Å². The Bertz CT molecular complexity index is 475. The van der Waals surface area contributed by atoms with E-state index in [2.05, 4.69) is 55.4 Å². The predicted molar refractivity (Wildman–Crippen MR) is 67.6 cm³/mol. The highest BCUT2D eigenvalue weighted by Crippen LogP contribution is 2.28. The summed E-state index contributed by atoms with van der Waals surface area (Å²) >= 11 is 3.53. The molecule has 6 nitrogen and oxygen atoms in total. The summed E-state index contributed by atoms with van der Waals surface area (Å²) in [4.78, 5) is 4.19. The summed E-state index contributed by atoms with van der Waals surface area (Å²) < 4.78 is 2.93. The summed E-state index contributed by atoms with van der Waals surface area (Å²) in [7, 11) is 1.89. The summed E-state index contributed by atoms with van der Waals surface area (Å²) in [6.07, 6.45) is 3.31. The lowest BCUT2D eigenvalue weighted by molar-refractivity contribution is 0.476. The molecule has 0 aliphatic rings. The van der Waals surface area contributed by atoms with Crippen LogP contribution in [0.25, 0.3) is 0 Å². The van der Waals surface area contributed by atoms with Crippen molar-refractivity contribution in [3.63, 3.8) is 0 Å². The third kappa shape index (κ3) is 2.25. The van der Waals surface area contributed by atoms with Crippen molar-refractivity contribution in [1.29, 1.82) is 0 Å². The van der Waals surface area contributed by atoms with Gasteiger partial charge in [-0.2, -0.15) is 10.2 Å². The van der Waals surface area contributed by atoms with Crippen molar-refractivity contribution < 1.29 is 0 Å². The van der Waals surface area contributed by atoms with Gasteiger partial charge in [-0.15, -0.1) is 0 Å². The van der Waals surface area contributed by atoms with Crippen molar-refractivity contribution in [2.24, 2.45) is 0 Å². The van der Waals surface area contributed by atoms with Crippen molar-refractivity contribution in [3.8, 4) is 0 Å². The maximum absolute atomic E-state index is 4.36. The Morgan fingerprint density at radius 1 is 1.47 bits per heavy atom. The molecule has 2 rings (SSSR count). The minimum absolute atomic E-state index is 0.0585. The molecule has 2 heterocycles. The Hall–Kier alpha value is -1.21. The number of halogens is 1. The number of H-pyrrole nitrogens is 1. The first kappa shape index (κ1) is 12.3. The molecule has 1 atom stereocenters. The topological polar surface area (TPSA) is 71.4 Å². The van der Waals surface area contributed by atoms with Gasteiger partial charge in [0.1, 0.15) is 18.2 Å². The quantitative estimate of drug-likeness (QED) is 0.900. The average molecular weight is 299 g/mol. The summed E-state index contributed by atoms with van der Waals surface area (Å²) in [6.45, 7) is 4.19. The smallest absolute Gasteiger partial charge is 0.147 e. The fourth-order valence-corrected chi connectivity index (χ4v) is 2.29. The summed E-state index contributed by atoms with van der Waals surface area (Å²) in [6, 6.07) is 0.229. The molecule has 2 aromatic rings. The molecule has 0 saturated carbocycles. The van der Waals surface area contributed by atoms with Crippen LogP contribution in [0.4, 0.5) is 0 Å². The predicted octanol–water partition coefficient (Wildman–Crippen LogP) is 1.65.